The minimum absolute atomic E-state index is 0.0843. The van der Waals surface area contributed by atoms with Crippen LogP contribution in [-0.2, 0) is 19.1 Å². The minimum Gasteiger partial charge on any atom is -0.497 e. The summed E-state index contributed by atoms with van der Waals surface area (Å²) in [5, 5.41) is 9.93. The zero-order valence-electron chi connectivity index (χ0n) is 28.2. The normalized spacial score (nSPS) is 13.5. The monoisotopic (exact) mass is 652 g/mol. The number of carbonyl (C=O) groups is 3. The van der Waals surface area contributed by atoms with E-state index in [0.29, 0.717) is 13.0 Å². The molecule has 2 amide bonds. The Balaban J connectivity index is 1.13. The van der Waals surface area contributed by atoms with Gasteiger partial charge in [0.15, 0.2) is 0 Å². The summed E-state index contributed by atoms with van der Waals surface area (Å²) in [5.74, 6) is -0.484. The Kier molecular flexibility index (Phi) is 10.8. The van der Waals surface area contributed by atoms with E-state index in [4.69, 9.17) is 14.2 Å². The number of hydrogen-bond donors (Lipinski definition) is 3. The Morgan fingerprint density at radius 3 is 2.29 bits per heavy atom. The molecule has 1 aliphatic rings. The van der Waals surface area contributed by atoms with Crippen LogP contribution in [0.3, 0.4) is 0 Å². The number of pyridine rings is 1. The highest BCUT2D eigenvalue weighted by molar-refractivity contribution is 5.92. The molecule has 1 heterocycles. The van der Waals surface area contributed by atoms with Gasteiger partial charge < -0.3 is 30.2 Å². The largest absolute Gasteiger partial charge is 0.497 e. The number of carbonyl (C=O) groups excluding carboxylic acids is 3. The summed E-state index contributed by atoms with van der Waals surface area (Å²) in [7, 11) is 1.63. The molecular formula is C38H44N4O6. The molecule has 3 aromatic carbocycles. The molecule has 3 N–H and O–H groups in total. The van der Waals surface area contributed by atoms with Crippen molar-refractivity contribution >= 4 is 34.6 Å². The molecule has 10 heteroatoms. The summed E-state index contributed by atoms with van der Waals surface area (Å²) in [4.78, 5) is 43.5. The molecule has 2 atom stereocenters. The van der Waals surface area contributed by atoms with Crippen molar-refractivity contribution in [2.75, 3.05) is 25.6 Å². The number of hydrogen-bond acceptors (Lipinski definition) is 8. The number of alkyl carbamates (subject to hydrolysis) is 1. The van der Waals surface area contributed by atoms with Crippen molar-refractivity contribution in [2.45, 2.75) is 70.6 Å². The molecule has 0 spiro atoms. The molecule has 0 radical (unpaired) electrons. The van der Waals surface area contributed by atoms with Crippen LogP contribution in [0.4, 0.5) is 10.5 Å². The van der Waals surface area contributed by atoms with E-state index >= 15 is 0 Å². The first-order chi connectivity index (χ1) is 23.0. The SMILES string of the molecule is COc1cc(NC(C)CCCNC(=O)C[C@@H](NC(=O)OCC2c3ccccc3-c3ccccc32)C(=O)OC(C)(C)C)c2ncccc2c1. The number of aromatic nitrogens is 1. The van der Waals surface area contributed by atoms with Gasteiger partial charge in [-0.05, 0) is 74.9 Å². The Morgan fingerprint density at radius 2 is 1.62 bits per heavy atom. The molecule has 1 aromatic heterocycles. The minimum atomic E-state index is -1.21. The van der Waals surface area contributed by atoms with Crippen LogP contribution in [0.15, 0.2) is 79.0 Å². The zero-order chi connectivity index (χ0) is 34.3. The molecule has 1 aliphatic carbocycles. The van der Waals surface area contributed by atoms with E-state index in [1.807, 2.05) is 60.7 Å². The molecule has 48 heavy (non-hydrogen) atoms. The summed E-state index contributed by atoms with van der Waals surface area (Å²) in [6.45, 7) is 7.74. The predicted molar refractivity (Wildman–Crippen MR) is 186 cm³/mol. The van der Waals surface area contributed by atoms with Crippen LogP contribution in [0.5, 0.6) is 5.75 Å². The molecule has 0 saturated heterocycles. The number of esters is 1. The molecule has 10 nitrogen and oxygen atoms in total. The molecule has 252 valence electrons. The average molecular weight is 653 g/mol. The van der Waals surface area contributed by atoms with Gasteiger partial charge in [0.05, 0.1) is 24.7 Å². The fraction of sp³-hybridized carbons (Fsp3) is 0.368. The molecular weight excluding hydrogens is 608 g/mol. The maximum Gasteiger partial charge on any atom is 0.407 e. The Labute approximate surface area is 281 Å². The fourth-order valence-corrected chi connectivity index (χ4v) is 5.97. The molecule has 4 aromatic rings. The van der Waals surface area contributed by atoms with Gasteiger partial charge in [-0.3, -0.25) is 9.78 Å². The van der Waals surface area contributed by atoms with Crippen LogP contribution in [0, 0.1) is 0 Å². The van der Waals surface area contributed by atoms with Crippen LogP contribution in [-0.4, -0.2) is 60.9 Å². The summed E-state index contributed by atoms with van der Waals surface area (Å²) in [5.41, 5.74) is 5.31. The van der Waals surface area contributed by atoms with Crippen molar-refractivity contribution < 1.29 is 28.6 Å². The van der Waals surface area contributed by atoms with Crippen molar-refractivity contribution in [3.63, 3.8) is 0 Å². The van der Waals surface area contributed by atoms with Gasteiger partial charge in [-0.25, -0.2) is 9.59 Å². The van der Waals surface area contributed by atoms with E-state index in [1.165, 1.54) is 0 Å². The molecule has 0 bridgehead atoms. The molecule has 1 unspecified atom stereocenters. The highest BCUT2D eigenvalue weighted by Crippen LogP contribution is 2.44. The molecule has 0 saturated carbocycles. The average Bonchev–Trinajstić information content (AvgIpc) is 3.38. The van der Waals surface area contributed by atoms with Crippen molar-refractivity contribution in [2.24, 2.45) is 0 Å². The van der Waals surface area contributed by atoms with E-state index < -0.39 is 23.7 Å². The van der Waals surface area contributed by atoms with E-state index in [0.717, 1.165) is 51.0 Å². The van der Waals surface area contributed by atoms with Gasteiger partial charge in [0, 0.05) is 36.2 Å². The standard InChI is InChI=1S/C38H44N4O6/c1-24(41-32-21-26(46-5)20-25-13-11-19-40-35(25)32)12-10-18-39-34(43)22-33(36(44)48-38(2,3)4)42-37(45)47-23-31-29-16-8-6-14-27(29)28-15-7-9-17-30(28)31/h6-9,11,13-17,19-21,24,31,33,41H,10,12,18,22-23H2,1-5H3,(H,39,43)(H,42,45)/t24?,33-/m1/s1. The van der Waals surface area contributed by atoms with Crippen molar-refractivity contribution in [3.05, 3.63) is 90.1 Å². The van der Waals surface area contributed by atoms with Gasteiger partial charge in [-0.15, -0.1) is 0 Å². The maximum atomic E-state index is 13.1. The number of nitrogens with one attached hydrogen (secondary N) is 3. The molecule has 0 aliphatic heterocycles. The van der Waals surface area contributed by atoms with Crippen LogP contribution in [0.25, 0.3) is 22.0 Å². The predicted octanol–water partition coefficient (Wildman–Crippen LogP) is 6.58. The van der Waals surface area contributed by atoms with Gasteiger partial charge in [-0.1, -0.05) is 54.6 Å². The Morgan fingerprint density at radius 1 is 0.938 bits per heavy atom. The molecule has 5 rings (SSSR count). The number of ether oxygens (including phenoxy) is 3. The quantitative estimate of drug-likeness (QED) is 0.109. The topological polar surface area (TPSA) is 128 Å². The van der Waals surface area contributed by atoms with Gasteiger partial charge in [0.1, 0.15) is 24.0 Å². The lowest BCUT2D eigenvalue weighted by Crippen LogP contribution is -2.47. The lowest BCUT2D eigenvalue weighted by molar-refractivity contribution is -0.158. The second-order valence-corrected chi connectivity index (χ2v) is 13.0. The second kappa shape index (κ2) is 15.2. The van der Waals surface area contributed by atoms with Crippen LogP contribution >= 0.6 is 0 Å². The highest BCUT2D eigenvalue weighted by Gasteiger charge is 2.32. The van der Waals surface area contributed by atoms with Crippen molar-refractivity contribution in [3.8, 4) is 16.9 Å². The third kappa shape index (κ3) is 8.61. The number of fused-ring (bicyclic) bond motifs is 4. The van der Waals surface area contributed by atoms with Crippen molar-refractivity contribution in [1.29, 1.82) is 0 Å². The van der Waals surface area contributed by atoms with E-state index in [9.17, 15) is 14.4 Å². The number of nitrogens with zero attached hydrogens (tertiary/aromatic N) is 1. The summed E-state index contributed by atoms with van der Waals surface area (Å²) in [6, 6.07) is 22.7. The number of anilines is 1. The first kappa shape index (κ1) is 34.2. The highest BCUT2D eigenvalue weighted by atomic mass is 16.6. The first-order valence-corrected chi connectivity index (χ1v) is 16.3. The number of methoxy groups -OCH3 is 1. The van der Waals surface area contributed by atoms with E-state index in [-0.39, 0.29) is 30.9 Å². The van der Waals surface area contributed by atoms with Gasteiger partial charge >= 0.3 is 12.1 Å². The van der Waals surface area contributed by atoms with Crippen LogP contribution in [0.2, 0.25) is 0 Å². The van der Waals surface area contributed by atoms with Crippen molar-refractivity contribution in [1.82, 2.24) is 15.6 Å². The van der Waals surface area contributed by atoms with Gasteiger partial charge in [0.2, 0.25) is 5.91 Å². The van der Waals surface area contributed by atoms with Gasteiger partial charge in [-0.2, -0.15) is 0 Å². The number of benzene rings is 3. The Hall–Kier alpha value is -5.12. The third-order valence-corrected chi connectivity index (χ3v) is 8.17. The lowest BCUT2D eigenvalue weighted by Gasteiger charge is -2.24. The summed E-state index contributed by atoms with van der Waals surface area (Å²) >= 11 is 0. The first-order valence-electron chi connectivity index (χ1n) is 16.3. The maximum absolute atomic E-state index is 13.1. The summed E-state index contributed by atoms with van der Waals surface area (Å²) in [6.07, 6.45) is 2.13. The van der Waals surface area contributed by atoms with E-state index in [2.05, 4.69) is 40.0 Å². The summed E-state index contributed by atoms with van der Waals surface area (Å²) < 4.78 is 16.6. The third-order valence-electron chi connectivity index (χ3n) is 8.17. The second-order valence-electron chi connectivity index (χ2n) is 13.0. The number of rotatable bonds is 13. The molecule has 0 fully saturated rings. The zero-order valence-corrected chi connectivity index (χ0v) is 28.2. The van der Waals surface area contributed by atoms with Crippen LogP contribution < -0.4 is 20.7 Å². The fourth-order valence-electron chi connectivity index (χ4n) is 5.97. The smallest absolute Gasteiger partial charge is 0.407 e. The number of amides is 2. The van der Waals surface area contributed by atoms with E-state index in [1.54, 1.807) is 34.1 Å². The lowest BCUT2D eigenvalue weighted by atomic mass is 9.98. The van der Waals surface area contributed by atoms with Gasteiger partial charge in [0.25, 0.3) is 0 Å². The Bertz CT molecular complexity index is 1720. The van der Waals surface area contributed by atoms with Crippen LogP contribution in [0.1, 0.15) is 64.0 Å².